The Bertz CT molecular complexity index is 590. The van der Waals surface area contributed by atoms with Crippen LogP contribution in [0.2, 0.25) is 0 Å². The zero-order valence-electron chi connectivity index (χ0n) is 13.1. The number of hydrogen-bond acceptors (Lipinski definition) is 3. The van der Waals surface area contributed by atoms with E-state index in [-0.39, 0.29) is 24.9 Å². The molecule has 0 unspecified atom stereocenters. The number of likely N-dealkylation sites (N-methyl/N-ethyl adjacent to an activating group) is 1. The number of piperazine rings is 1. The lowest BCUT2D eigenvalue weighted by Gasteiger charge is -2.29. The summed E-state index contributed by atoms with van der Waals surface area (Å²) in [4.78, 5) is 27.0. The first-order valence-corrected chi connectivity index (χ1v) is 7.21. The Balaban J connectivity index is 0.00000288. The van der Waals surface area contributed by atoms with E-state index in [9.17, 15) is 22.8 Å². The predicted octanol–water partition coefficient (Wildman–Crippen LogP) is 1.63. The van der Waals surface area contributed by atoms with Gasteiger partial charge < -0.3 is 15.1 Å². The molecule has 0 aromatic heterocycles. The van der Waals surface area contributed by atoms with Crippen LogP contribution in [0, 0.1) is 0 Å². The van der Waals surface area contributed by atoms with Gasteiger partial charge in [0.25, 0.3) is 5.91 Å². The Labute approximate surface area is 144 Å². The summed E-state index contributed by atoms with van der Waals surface area (Å²) in [6.45, 7) is 2.14. The Hall–Kier alpha value is -1.80. The van der Waals surface area contributed by atoms with Crippen molar-refractivity contribution < 1.29 is 22.8 Å². The molecule has 1 aliphatic heterocycles. The summed E-state index contributed by atoms with van der Waals surface area (Å²) in [6, 6.07) is 4.58. The van der Waals surface area contributed by atoms with Gasteiger partial charge in [0.05, 0.1) is 17.7 Å². The first-order valence-electron chi connectivity index (χ1n) is 7.21. The van der Waals surface area contributed by atoms with Gasteiger partial charge in [0.1, 0.15) is 0 Å². The van der Waals surface area contributed by atoms with Gasteiger partial charge in [-0.25, -0.2) is 0 Å². The fourth-order valence-electron chi connectivity index (χ4n) is 2.41. The van der Waals surface area contributed by atoms with Gasteiger partial charge in [0, 0.05) is 33.2 Å². The van der Waals surface area contributed by atoms with E-state index in [2.05, 4.69) is 5.32 Å². The minimum Gasteiger partial charge on any atom is -0.339 e. The maximum Gasteiger partial charge on any atom is 0.417 e. The van der Waals surface area contributed by atoms with Crippen LogP contribution in [0.4, 0.5) is 13.2 Å². The molecule has 2 amide bonds. The number of rotatable bonds is 3. The molecule has 9 heteroatoms. The number of carbonyl (C=O) groups is 2. The fraction of sp³-hybridized carbons (Fsp3) is 0.467. The highest BCUT2D eigenvalue weighted by Gasteiger charge is 2.35. The van der Waals surface area contributed by atoms with Crippen molar-refractivity contribution in [2.75, 3.05) is 39.8 Å². The van der Waals surface area contributed by atoms with Crippen LogP contribution in [0.5, 0.6) is 0 Å². The van der Waals surface area contributed by atoms with Gasteiger partial charge in [0.2, 0.25) is 5.91 Å². The fourth-order valence-corrected chi connectivity index (χ4v) is 2.41. The number of alkyl halides is 3. The lowest BCUT2D eigenvalue weighted by molar-refractivity contribution is -0.138. The standard InChI is InChI=1S/C15H18F3N3O2.ClH/c1-20(10-13(22)21-8-6-19-7-9-21)14(23)11-4-2-3-5-12(11)15(16,17)18;/h2-5,19H,6-10H2,1H3;1H. The third kappa shape index (κ3) is 4.85. The molecule has 0 aliphatic carbocycles. The van der Waals surface area contributed by atoms with E-state index in [1.165, 1.54) is 19.2 Å². The molecule has 0 saturated carbocycles. The molecule has 134 valence electrons. The second-order valence-electron chi connectivity index (χ2n) is 5.34. The quantitative estimate of drug-likeness (QED) is 0.886. The molecule has 0 bridgehead atoms. The van der Waals surface area contributed by atoms with Crippen molar-refractivity contribution in [1.29, 1.82) is 0 Å². The van der Waals surface area contributed by atoms with Gasteiger partial charge in [0.15, 0.2) is 0 Å². The van der Waals surface area contributed by atoms with Crippen molar-refractivity contribution >= 4 is 24.2 Å². The van der Waals surface area contributed by atoms with Crippen molar-refractivity contribution in [2.45, 2.75) is 6.18 Å². The summed E-state index contributed by atoms with van der Waals surface area (Å²) in [7, 11) is 1.33. The van der Waals surface area contributed by atoms with Crippen molar-refractivity contribution in [3.05, 3.63) is 35.4 Å². The summed E-state index contributed by atoms with van der Waals surface area (Å²) in [6.07, 6.45) is -4.62. The van der Waals surface area contributed by atoms with Crippen LogP contribution in [0.25, 0.3) is 0 Å². The molecule has 1 aromatic rings. The SMILES string of the molecule is CN(CC(=O)N1CCNCC1)C(=O)c1ccccc1C(F)(F)F.Cl. The second-order valence-corrected chi connectivity index (χ2v) is 5.34. The monoisotopic (exact) mass is 365 g/mol. The third-order valence-electron chi connectivity index (χ3n) is 3.65. The van der Waals surface area contributed by atoms with Crippen LogP contribution in [-0.4, -0.2) is 61.4 Å². The van der Waals surface area contributed by atoms with Crippen molar-refractivity contribution in [3.63, 3.8) is 0 Å². The van der Waals surface area contributed by atoms with Crippen LogP contribution in [0.1, 0.15) is 15.9 Å². The number of nitrogens with one attached hydrogen (secondary N) is 1. The number of halogens is 4. The Morgan fingerprint density at radius 3 is 2.38 bits per heavy atom. The molecule has 1 saturated heterocycles. The van der Waals surface area contributed by atoms with Crippen LogP contribution >= 0.6 is 12.4 Å². The molecule has 0 spiro atoms. The van der Waals surface area contributed by atoms with Crippen LogP contribution in [0.3, 0.4) is 0 Å². The topological polar surface area (TPSA) is 52.7 Å². The van der Waals surface area contributed by atoms with E-state index in [1.54, 1.807) is 4.90 Å². The summed E-state index contributed by atoms with van der Waals surface area (Å²) in [5.41, 5.74) is -1.44. The molecule has 5 nitrogen and oxygen atoms in total. The predicted molar refractivity (Wildman–Crippen MR) is 85.1 cm³/mol. The van der Waals surface area contributed by atoms with E-state index in [0.29, 0.717) is 26.2 Å². The molecule has 1 N–H and O–H groups in total. The van der Waals surface area contributed by atoms with E-state index < -0.39 is 23.2 Å². The van der Waals surface area contributed by atoms with Gasteiger partial charge in [-0.1, -0.05) is 12.1 Å². The normalized spacial score (nSPS) is 14.8. The maximum atomic E-state index is 13.0. The van der Waals surface area contributed by atoms with E-state index in [1.807, 2.05) is 0 Å². The van der Waals surface area contributed by atoms with Gasteiger partial charge in [-0.2, -0.15) is 13.2 Å². The first kappa shape index (κ1) is 20.2. The number of nitrogens with zero attached hydrogens (tertiary/aromatic N) is 2. The van der Waals surface area contributed by atoms with Crippen LogP contribution in [-0.2, 0) is 11.0 Å². The van der Waals surface area contributed by atoms with Gasteiger partial charge >= 0.3 is 6.18 Å². The Morgan fingerprint density at radius 2 is 1.79 bits per heavy atom. The molecule has 0 radical (unpaired) electrons. The second kappa shape index (κ2) is 8.34. The minimum atomic E-state index is -4.62. The van der Waals surface area contributed by atoms with Crippen LogP contribution < -0.4 is 5.32 Å². The summed E-state index contributed by atoms with van der Waals surface area (Å²) < 4.78 is 38.9. The zero-order chi connectivity index (χ0) is 17.0. The van der Waals surface area contributed by atoms with Crippen molar-refractivity contribution in [2.24, 2.45) is 0 Å². The highest BCUT2D eigenvalue weighted by atomic mass is 35.5. The first-order chi connectivity index (χ1) is 10.8. The molecule has 1 heterocycles. The Morgan fingerprint density at radius 1 is 1.21 bits per heavy atom. The largest absolute Gasteiger partial charge is 0.417 e. The molecule has 2 rings (SSSR count). The third-order valence-corrected chi connectivity index (χ3v) is 3.65. The number of benzene rings is 1. The Kier molecular flexibility index (Phi) is 7.04. The minimum absolute atomic E-state index is 0. The van der Waals surface area contributed by atoms with Crippen molar-refractivity contribution in [3.8, 4) is 0 Å². The lowest BCUT2D eigenvalue weighted by atomic mass is 10.1. The molecular formula is C15H19ClF3N3O2. The smallest absolute Gasteiger partial charge is 0.339 e. The van der Waals surface area contributed by atoms with Crippen molar-refractivity contribution in [1.82, 2.24) is 15.1 Å². The highest BCUT2D eigenvalue weighted by Crippen LogP contribution is 2.32. The van der Waals surface area contributed by atoms with E-state index >= 15 is 0 Å². The van der Waals surface area contributed by atoms with E-state index in [4.69, 9.17) is 0 Å². The van der Waals surface area contributed by atoms with E-state index in [0.717, 1.165) is 17.0 Å². The van der Waals surface area contributed by atoms with Gasteiger partial charge in [-0.15, -0.1) is 12.4 Å². The molecule has 1 aromatic carbocycles. The van der Waals surface area contributed by atoms with Gasteiger partial charge in [-0.05, 0) is 12.1 Å². The summed E-state index contributed by atoms with van der Waals surface area (Å²) in [5, 5.41) is 3.10. The zero-order valence-corrected chi connectivity index (χ0v) is 13.9. The molecule has 1 aliphatic rings. The average molecular weight is 366 g/mol. The maximum absolute atomic E-state index is 13.0. The molecule has 0 atom stereocenters. The highest BCUT2D eigenvalue weighted by molar-refractivity contribution is 5.97. The summed E-state index contributed by atoms with van der Waals surface area (Å²) in [5.74, 6) is -1.09. The molecular weight excluding hydrogens is 347 g/mol. The number of amides is 2. The number of hydrogen-bond donors (Lipinski definition) is 1. The average Bonchev–Trinajstić information content (AvgIpc) is 2.54. The molecule has 24 heavy (non-hydrogen) atoms. The number of carbonyl (C=O) groups excluding carboxylic acids is 2. The summed E-state index contributed by atoms with van der Waals surface area (Å²) >= 11 is 0. The molecule has 1 fully saturated rings. The van der Waals surface area contributed by atoms with Gasteiger partial charge in [-0.3, -0.25) is 9.59 Å². The van der Waals surface area contributed by atoms with Crippen LogP contribution in [0.15, 0.2) is 24.3 Å². The lowest BCUT2D eigenvalue weighted by Crippen LogP contribution is -2.49.